The van der Waals surface area contributed by atoms with Crippen molar-refractivity contribution in [1.29, 1.82) is 0 Å². The standard InChI is InChI=1S/C16H12F3NO8S/c17-16(18,19)29(25,26)10-5-6-14(12(9-10)20(23)24)28-8-7-27-13-4-2-1-3-11(13)15(21)22/h1-6,9H,7-8H2,(H,21,22). The Morgan fingerprint density at radius 2 is 1.66 bits per heavy atom. The zero-order valence-electron chi connectivity index (χ0n) is 14.2. The lowest BCUT2D eigenvalue weighted by Gasteiger charge is -2.12. The Balaban J connectivity index is 2.14. The van der Waals surface area contributed by atoms with Crippen molar-refractivity contribution in [3.8, 4) is 11.5 Å². The van der Waals surface area contributed by atoms with Gasteiger partial charge in [-0.3, -0.25) is 10.1 Å². The summed E-state index contributed by atoms with van der Waals surface area (Å²) in [6.45, 7) is -0.579. The number of alkyl halides is 3. The van der Waals surface area contributed by atoms with Crippen LogP contribution in [-0.4, -0.2) is 43.1 Å². The number of para-hydroxylation sites is 1. The third-order valence-corrected chi connectivity index (χ3v) is 4.94. The molecular weight excluding hydrogens is 423 g/mol. The SMILES string of the molecule is O=C(O)c1ccccc1OCCOc1ccc(S(=O)(=O)C(F)(F)F)cc1[N+](=O)[O-]. The van der Waals surface area contributed by atoms with Gasteiger partial charge in [0.05, 0.1) is 9.82 Å². The zero-order chi connectivity index (χ0) is 21.8. The number of nitrogens with zero attached hydrogens (tertiary/aromatic N) is 1. The summed E-state index contributed by atoms with van der Waals surface area (Å²) in [4.78, 5) is 19.8. The Morgan fingerprint density at radius 3 is 2.21 bits per heavy atom. The summed E-state index contributed by atoms with van der Waals surface area (Å²) in [6.07, 6.45) is 0. The summed E-state index contributed by atoms with van der Waals surface area (Å²) in [7, 11) is -5.76. The van der Waals surface area contributed by atoms with Gasteiger partial charge in [-0.1, -0.05) is 12.1 Å². The molecule has 156 valence electrons. The van der Waals surface area contributed by atoms with Crippen LogP contribution in [0.2, 0.25) is 0 Å². The van der Waals surface area contributed by atoms with Gasteiger partial charge in [-0.2, -0.15) is 13.2 Å². The van der Waals surface area contributed by atoms with E-state index in [0.717, 1.165) is 6.07 Å². The van der Waals surface area contributed by atoms with Crippen LogP contribution in [0, 0.1) is 10.1 Å². The monoisotopic (exact) mass is 435 g/mol. The molecule has 1 N–H and O–H groups in total. The van der Waals surface area contributed by atoms with Gasteiger partial charge in [-0.25, -0.2) is 13.2 Å². The topological polar surface area (TPSA) is 133 Å². The molecule has 13 heteroatoms. The Labute approximate surface area is 161 Å². The van der Waals surface area contributed by atoms with Crippen molar-refractivity contribution < 1.29 is 45.9 Å². The van der Waals surface area contributed by atoms with E-state index in [2.05, 4.69) is 0 Å². The van der Waals surface area contributed by atoms with Gasteiger partial charge in [0.1, 0.15) is 24.5 Å². The van der Waals surface area contributed by atoms with Crippen LogP contribution < -0.4 is 9.47 Å². The minimum Gasteiger partial charge on any atom is -0.489 e. The number of nitro benzene ring substituents is 1. The summed E-state index contributed by atoms with van der Waals surface area (Å²) >= 11 is 0. The van der Waals surface area contributed by atoms with E-state index >= 15 is 0 Å². The van der Waals surface area contributed by atoms with Gasteiger partial charge in [-0.05, 0) is 24.3 Å². The van der Waals surface area contributed by atoms with E-state index < -0.39 is 42.6 Å². The van der Waals surface area contributed by atoms with Crippen LogP contribution in [0.5, 0.6) is 11.5 Å². The smallest absolute Gasteiger partial charge is 0.489 e. The van der Waals surface area contributed by atoms with E-state index in [0.29, 0.717) is 6.07 Å². The number of carboxylic acid groups (broad SMARTS) is 1. The van der Waals surface area contributed by atoms with Crippen molar-refractivity contribution in [2.24, 2.45) is 0 Å². The van der Waals surface area contributed by atoms with Gasteiger partial charge in [0.25, 0.3) is 9.84 Å². The molecule has 0 saturated heterocycles. The highest BCUT2D eigenvalue weighted by Crippen LogP contribution is 2.35. The van der Waals surface area contributed by atoms with Crippen LogP contribution >= 0.6 is 0 Å². The first kappa shape index (κ1) is 21.9. The highest BCUT2D eigenvalue weighted by atomic mass is 32.2. The van der Waals surface area contributed by atoms with Gasteiger partial charge < -0.3 is 14.6 Å². The molecule has 0 aliphatic carbocycles. The van der Waals surface area contributed by atoms with Crippen molar-refractivity contribution in [3.05, 3.63) is 58.1 Å². The van der Waals surface area contributed by atoms with Crippen molar-refractivity contribution in [2.75, 3.05) is 13.2 Å². The Hall–Kier alpha value is -3.35. The molecule has 0 radical (unpaired) electrons. The third kappa shape index (κ3) is 4.93. The number of rotatable bonds is 8. The zero-order valence-corrected chi connectivity index (χ0v) is 15.1. The second-order valence-corrected chi connectivity index (χ2v) is 7.28. The molecule has 0 aromatic heterocycles. The van der Waals surface area contributed by atoms with E-state index in [1.54, 1.807) is 0 Å². The molecule has 0 fully saturated rings. The van der Waals surface area contributed by atoms with E-state index in [-0.39, 0.29) is 30.6 Å². The van der Waals surface area contributed by atoms with Crippen LogP contribution in [-0.2, 0) is 9.84 Å². The molecule has 0 aliphatic rings. The molecule has 2 aromatic rings. The predicted octanol–water partition coefficient (Wildman–Crippen LogP) is 3.04. The summed E-state index contributed by atoms with van der Waals surface area (Å²) in [5.74, 6) is -1.70. The molecule has 0 saturated carbocycles. The average molecular weight is 435 g/mol. The quantitative estimate of drug-likeness (QED) is 0.380. The van der Waals surface area contributed by atoms with Crippen LogP contribution in [0.15, 0.2) is 47.4 Å². The highest BCUT2D eigenvalue weighted by Gasteiger charge is 2.47. The maximum Gasteiger partial charge on any atom is 0.501 e. The van der Waals surface area contributed by atoms with E-state index in [1.165, 1.54) is 24.3 Å². The predicted molar refractivity (Wildman–Crippen MR) is 90.7 cm³/mol. The molecule has 29 heavy (non-hydrogen) atoms. The lowest BCUT2D eigenvalue weighted by Crippen LogP contribution is -2.23. The molecule has 9 nitrogen and oxygen atoms in total. The minimum absolute atomic E-state index is 0.0183. The summed E-state index contributed by atoms with van der Waals surface area (Å²) in [6, 6.07) is 7.18. The number of hydrogen-bond acceptors (Lipinski definition) is 7. The van der Waals surface area contributed by atoms with E-state index in [9.17, 15) is 36.5 Å². The maximum atomic E-state index is 12.6. The number of aromatic carboxylic acids is 1. The number of carbonyl (C=O) groups is 1. The number of hydrogen-bond donors (Lipinski definition) is 1. The molecule has 0 spiro atoms. The van der Waals surface area contributed by atoms with Crippen molar-refractivity contribution in [1.82, 2.24) is 0 Å². The van der Waals surface area contributed by atoms with Gasteiger partial charge >= 0.3 is 17.2 Å². The summed E-state index contributed by atoms with van der Waals surface area (Å²) in [5, 5.41) is 20.1. The Kier molecular flexibility index (Phi) is 6.31. The molecule has 0 atom stereocenters. The average Bonchev–Trinajstić information content (AvgIpc) is 2.64. The fraction of sp³-hybridized carbons (Fsp3) is 0.188. The van der Waals surface area contributed by atoms with Gasteiger partial charge in [0.15, 0.2) is 5.75 Å². The minimum atomic E-state index is -5.76. The second kappa shape index (κ2) is 8.34. The molecule has 0 unspecified atom stereocenters. The van der Waals surface area contributed by atoms with Crippen molar-refractivity contribution in [3.63, 3.8) is 0 Å². The van der Waals surface area contributed by atoms with Crippen LogP contribution in [0.3, 0.4) is 0 Å². The molecular formula is C16H12F3NO8S. The fourth-order valence-electron chi connectivity index (χ4n) is 2.14. The van der Waals surface area contributed by atoms with Gasteiger partial charge in [0, 0.05) is 6.07 Å². The molecule has 2 rings (SSSR count). The molecule has 0 bridgehead atoms. The van der Waals surface area contributed by atoms with Crippen LogP contribution in [0.4, 0.5) is 18.9 Å². The van der Waals surface area contributed by atoms with E-state index in [1.807, 2.05) is 0 Å². The lowest BCUT2D eigenvalue weighted by atomic mass is 10.2. The normalized spacial score (nSPS) is 11.7. The largest absolute Gasteiger partial charge is 0.501 e. The third-order valence-electron chi connectivity index (χ3n) is 3.46. The van der Waals surface area contributed by atoms with Crippen LogP contribution in [0.25, 0.3) is 0 Å². The number of sulfone groups is 1. The first-order chi connectivity index (χ1) is 13.4. The van der Waals surface area contributed by atoms with Gasteiger partial charge in [0.2, 0.25) is 0 Å². The number of ether oxygens (including phenoxy) is 2. The first-order valence-electron chi connectivity index (χ1n) is 7.63. The number of benzene rings is 2. The Morgan fingerprint density at radius 1 is 1.07 bits per heavy atom. The van der Waals surface area contributed by atoms with Crippen molar-refractivity contribution >= 4 is 21.5 Å². The number of nitro groups is 1. The highest BCUT2D eigenvalue weighted by molar-refractivity contribution is 7.92. The number of carboxylic acids is 1. The maximum absolute atomic E-state index is 12.6. The second-order valence-electron chi connectivity index (χ2n) is 5.33. The summed E-state index contributed by atoms with van der Waals surface area (Å²) in [5.41, 5.74) is -6.73. The van der Waals surface area contributed by atoms with E-state index in [4.69, 9.17) is 14.6 Å². The molecule has 0 heterocycles. The molecule has 2 aromatic carbocycles. The summed E-state index contributed by atoms with van der Waals surface area (Å²) < 4.78 is 70.9. The molecule has 0 aliphatic heterocycles. The van der Waals surface area contributed by atoms with Crippen LogP contribution in [0.1, 0.15) is 10.4 Å². The molecule has 0 amide bonds. The Bertz CT molecular complexity index is 1040. The number of halogens is 3. The van der Waals surface area contributed by atoms with Crippen molar-refractivity contribution in [2.45, 2.75) is 10.4 Å². The van der Waals surface area contributed by atoms with Gasteiger partial charge in [-0.15, -0.1) is 0 Å². The first-order valence-corrected chi connectivity index (χ1v) is 9.11. The lowest BCUT2D eigenvalue weighted by molar-refractivity contribution is -0.386. The fourth-order valence-corrected chi connectivity index (χ4v) is 2.92.